The third kappa shape index (κ3) is 3.01. The molecule has 3 aromatic rings. The van der Waals surface area contributed by atoms with Crippen LogP contribution >= 0.6 is 11.8 Å². The van der Waals surface area contributed by atoms with Crippen molar-refractivity contribution in [3.8, 4) is 5.75 Å². The predicted molar refractivity (Wildman–Crippen MR) is 83.6 cm³/mol. The lowest BCUT2D eigenvalue weighted by Gasteiger charge is -2.04. The molecule has 2 aromatic heterocycles. The number of ether oxygens (including phenoxy) is 1. The summed E-state index contributed by atoms with van der Waals surface area (Å²) in [4.78, 5) is 12.2. The Balaban J connectivity index is 1.84. The van der Waals surface area contributed by atoms with Gasteiger partial charge in [-0.2, -0.15) is 0 Å². The van der Waals surface area contributed by atoms with E-state index < -0.39 is 0 Å². The summed E-state index contributed by atoms with van der Waals surface area (Å²) in [5.74, 6) is 0.808. The van der Waals surface area contributed by atoms with Gasteiger partial charge in [-0.05, 0) is 42.4 Å². The molecule has 0 bridgehead atoms. The van der Waals surface area contributed by atoms with Crippen molar-refractivity contribution in [2.45, 2.75) is 23.1 Å². The van der Waals surface area contributed by atoms with Crippen LogP contribution in [-0.4, -0.2) is 22.1 Å². The average Bonchev–Trinajstić information content (AvgIpc) is 2.88. The number of nitrogens with two attached hydrogens (primary N) is 1. The molecule has 0 aliphatic heterocycles. The zero-order valence-electron chi connectivity index (χ0n) is 11.8. The molecule has 0 saturated heterocycles. The van der Waals surface area contributed by atoms with Crippen LogP contribution in [0.3, 0.4) is 0 Å². The van der Waals surface area contributed by atoms with Crippen molar-refractivity contribution < 1.29 is 4.74 Å². The molecule has 6 heteroatoms. The Morgan fingerprint density at radius 2 is 2.14 bits per heavy atom. The second kappa shape index (κ2) is 5.75. The second-order valence-electron chi connectivity index (χ2n) is 4.75. The number of nitrogens with zero attached hydrogens (tertiary/aromatic N) is 2. The van der Waals surface area contributed by atoms with Crippen molar-refractivity contribution in [2.24, 2.45) is 5.73 Å². The van der Waals surface area contributed by atoms with E-state index in [2.05, 4.69) is 15.0 Å². The molecule has 0 unspecified atom stereocenters. The van der Waals surface area contributed by atoms with Crippen LogP contribution in [-0.2, 0) is 0 Å². The maximum Gasteiger partial charge on any atom is 0.172 e. The van der Waals surface area contributed by atoms with Gasteiger partial charge in [0.05, 0.1) is 18.1 Å². The van der Waals surface area contributed by atoms with E-state index in [1.165, 1.54) is 11.8 Å². The zero-order chi connectivity index (χ0) is 14.8. The van der Waals surface area contributed by atoms with Crippen LogP contribution in [0.5, 0.6) is 5.75 Å². The fourth-order valence-electron chi connectivity index (χ4n) is 1.96. The van der Waals surface area contributed by atoms with E-state index >= 15 is 0 Å². The van der Waals surface area contributed by atoms with Gasteiger partial charge in [-0.1, -0.05) is 6.07 Å². The summed E-state index contributed by atoms with van der Waals surface area (Å²) in [6.45, 7) is 1.94. The number of aromatic nitrogens is 3. The Morgan fingerprint density at radius 1 is 1.29 bits per heavy atom. The summed E-state index contributed by atoms with van der Waals surface area (Å²) in [5.41, 5.74) is 8.70. The van der Waals surface area contributed by atoms with Crippen LogP contribution in [0.25, 0.3) is 11.0 Å². The van der Waals surface area contributed by atoms with Gasteiger partial charge >= 0.3 is 0 Å². The molecule has 0 amide bonds. The van der Waals surface area contributed by atoms with Gasteiger partial charge in [0.2, 0.25) is 0 Å². The van der Waals surface area contributed by atoms with Gasteiger partial charge in [0.25, 0.3) is 0 Å². The highest BCUT2D eigenvalue weighted by atomic mass is 32.2. The second-order valence-corrected chi connectivity index (χ2v) is 5.75. The topological polar surface area (TPSA) is 76.8 Å². The minimum Gasteiger partial charge on any atom is -0.497 e. The van der Waals surface area contributed by atoms with Crippen LogP contribution in [0.4, 0.5) is 0 Å². The number of rotatable bonds is 4. The fourth-order valence-corrected chi connectivity index (χ4v) is 2.71. The number of aromatic amines is 1. The van der Waals surface area contributed by atoms with Crippen molar-refractivity contribution in [1.29, 1.82) is 0 Å². The number of methoxy groups -OCH3 is 1. The smallest absolute Gasteiger partial charge is 0.172 e. The summed E-state index contributed by atoms with van der Waals surface area (Å²) >= 11 is 1.49. The van der Waals surface area contributed by atoms with Gasteiger partial charge in [0.15, 0.2) is 5.16 Å². The maximum absolute atomic E-state index is 5.82. The Hall–Kier alpha value is -2.05. The van der Waals surface area contributed by atoms with Crippen LogP contribution in [0, 0.1) is 0 Å². The molecule has 0 aliphatic rings. The molecule has 3 N–H and O–H groups in total. The number of hydrogen-bond acceptors (Lipinski definition) is 5. The molecule has 1 atom stereocenters. The third-order valence-electron chi connectivity index (χ3n) is 3.15. The highest BCUT2D eigenvalue weighted by Gasteiger charge is 2.07. The van der Waals surface area contributed by atoms with Gasteiger partial charge in [0, 0.05) is 18.3 Å². The molecule has 3 rings (SSSR count). The number of pyridine rings is 1. The van der Waals surface area contributed by atoms with Crippen molar-refractivity contribution in [2.75, 3.05) is 7.11 Å². The average molecular weight is 300 g/mol. The molecule has 5 nitrogen and oxygen atoms in total. The van der Waals surface area contributed by atoms with E-state index in [1.54, 1.807) is 13.3 Å². The normalized spacial score (nSPS) is 12.5. The monoisotopic (exact) mass is 300 g/mol. The predicted octanol–water partition coefficient (Wildman–Crippen LogP) is 3.14. The van der Waals surface area contributed by atoms with Crippen molar-refractivity contribution >= 4 is 22.8 Å². The summed E-state index contributed by atoms with van der Waals surface area (Å²) in [5, 5.41) is 1.68. The van der Waals surface area contributed by atoms with Gasteiger partial charge in [-0.25, -0.2) is 9.97 Å². The fraction of sp³-hybridized carbons (Fsp3) is 0.200. The molecule has 2 heterocycles. The zero-order valence-corrected chi connectivity index (χ0v) is 12.6. The third-order valence-corrected chi connectivity index (χ3v) is 3.99. The molecule has 0 fully saturated rings. The Bertz CT molecular complexity index is 752. The number of benzene rings is 1. The number of nitrogens with one attached hydrogen (secondary N) is 1. The number of imidazole rings is 1. The lowest BCUT2D eigenvalue weighted by molar-refractivity contribution is 0.415. The minimum absolute atomic E-state index is 0.00443. The van der Waals surface area contributed by atoms with Crippen LogP contribution in [0.2, 0.25) is 0 Å². The van der Waals surface area contributed by atoms with E-state index in [1.807, 2.05) is 37.3 Å². The molecular formula is C15H16N4OS. The molecule has 0 radical (unpaired) electrons. The molecule has 0 spiro atoms. The van der Waals surface area contributed by atoms with E-state index in [4.69, 9.17) is 10.5 Å². The van der Waals surface area contributed by atoms with E-state index in [9.17, 15) is 0 Å². The van der Waals surface area contributed by atoms with E-state index in [0.29, 0.717) is 0 Å². The summed E-state index contributed by atoms with van der Waals surface area (Å²) in [6, 6.07) is 9.70. The van der Waals surface area contributed by atoms with E-state index in [0.717, 1.165) is 32.5 Å². The van der Waals surface area contributed by atoms with Crippen LogP contribution < -0.4 is 10.5 Å². The SMILES string of the molecule is COc1ccc2nc(Sc3ccc([C@@H](C)N)cn3)[nH]c2c1. The first-order valence-corrected chi connectivity index (χ1v) is 7.40. The van der Waals surface area contributed by atoms with E-state index in [-0.39, 0.29) is 6.04 Å². The van der Waals surface area contributed by atoms with Gasteiger partial charge in [-0.3, -0.25) is 0 Å². The first-order valence-electron chi connectivity index (χ1n) is 6.59. The van der Waals surface area contributed by atoms with Crippen molar-refractivity contribution in [3.05, 3.63) is 42.1 Å². The van der Waals surface area contributed by atoms with Crippen LogP contribution in [0.1, 0.15) is 18.5 Å². The highest BCUT2D eigenvalue weighted by molar-refractivity contribution is 7.99. The Labute approximate surface area is 126 Å². The summed E-state index contributed by atoms with van der Waals surface area (Å²) in [6.07, 6.45) is 1.80. The molecule has 21 heavy (non-hydrogen) atoms. The molecule has 108 valence electrons. The first kappa shape index (κ1) is 13.9. The van der Waals surface area contributed by atoms with Gasteiger partial charge in [0.1, 0.15) is 10.8 Å². The van der Waals surface area contributed by atoms with Gasteiger partial charge in [-0.15, -0.1) is 0 Å². The Morgan fingerprint density at radius 3 is 2.81 bits per heavy atom. The first-order chi connectivity index (χ1) is 10.2. The van der Waals surface area contributed by atoms with Crippen LogP contribution in [0.15, 0.2) is 46.7 Å². The lowest BCUT2D eigenvalue weighted by Crippen LogP contribution is -2.04. The summed E-state index contributed by atoms with van der Waals surface area (Å²) in [7, 11) is 1.65. The highest BCUT2D eigenvalue weighted by Crippen LogP contribution is 2.27. The van der Waals surface area contributed by atoms with Crippen molar-refractivity contribution in [3.63, 3.8) is 0 Å². The molecular weight excluding hydrogens is 284 g/mol. The minimum atomic E-state index is -0.00443. The largest absolute Gasteiger partial charge is 0.497 e. The van der Waals surface area contributed by atoms with Crippen molar-refractivity contribution in [1.82, 2.24) is 15.0 Å². The van der Waals surface area contributed by atoms with Gasteiger partial charge < -0.3 is 15.5 Å². The Kier molecular flexibility index (Phi) is 3.81. The molecule has 0 saturated carbocycles. The molecule has 0 aliphatic carbocycles. The lowest BCUT2D eigenvalue weighted by atomic mass is 10.2. The standard InChI is InChI=1S/C15H16N4OS/c1-9(16)10-3-6-14(17-8-10)21-15-18-12-5-4-11(20-2)7-13(12)19-15/h3-9H,16H2,1-2H3,(H,18,19)/t9-/m1/s1. The maximum atomic E-state index is 5.82. The molecule has 1 aromatic carbocycles. The number of H-pyrrole nitrogens is 1. The number of fused-ring (bicyclic) bond motifs is 1. The quantitative estimate of drug-likeness (QED) is 0.774. The summed E-state index contributed by atoms with van der Waals surface area (Å²) < 4.78 is 5.21. The number of hydrogen-bond donors (Lipinski definition) is 2.